The van der Waals surface area contributed by atoms with Gasteiger partial charge in [-0.2, -0.15) is 10.3 Å². The predicted molar refractivity (Wildman–Crippen MR) is 65.0 cm³/mol. The van der Waals surface area contributed by atoms with E-state index in [1.807, 2.05) is 27.7 Å². The van der Waals surface area contributed by atoms with Crippen molar-refractivity contribution in [2.24, 2.45) is 5.50 Å². The summed E-state index contributed by atoms with van der Waals surface area (Å²) >= 11 is 5.15. The first-order chi connectivity index (χ1) is 7.35. The van der Waals surface area contributed by atoms with Gasteiger partial charge in [-0.3, -0.25) is 5.50 Å². The van der Waals surface area contributed by atoms with Crippen LogP contribution in [0.4, 0.5) is 0 Å². The molecule has 7 heteroatoms. The Morgan fingerprint density at radius 2 is 2.12 bits per heavy atom. The molecule has 0 aliphatic carbocycles. The van der Waals surface area contributed by atoms with Crippen molar-refractivity contribution in [2.75, 3.05) is 0 Å². The highest BCUT2D eigenvalue weighted by atomic mass is 35.5. The lowest BCUT2D eigenvalue weighted by molar-refractivity contribution is -0.156. The molecule has 0 radical (unpaired) electrons. The summed E-state index contributed by atoms with van der Waals surface area (Å²) in [5.41, 5.74) is 5.23. The van der Waals surface area contributed by atoms with E-state index < -0.39 is 8.53 Å². The van der Waals surface area contributed by atoms with Crippen LogP contribution in [0.2, 0.25) is 0 Å². The Kier molecular flexibility index (Phi) is 7.41. The fraction of sp³-hybridized carbons (Fsp3) is 0.889. The molecular weight excluding hydrogens is 249 g/mol. The number of hydrogen-bond acceptors (Lipinski definition) is 5. The molecule has 94 valence electrons. The van der Waals surface area contributed by atoms with Crippen LogP contribution in [0.25, 0.3) is 0 Å². The van der Waals surface area contributed by atoms with Gasteiger partial charge < -0.3 is 0 Å². The second-order valence-electron chi connectivity index (χ2n) is 4.33. The highest BCUT2D eigenvalue weighted by molar-refractivity contribution is 7.45. The van der Waals surface area contributed by atoms with Crippen LogP contribution in [0.5, 0.6) is 0 Å². The van der Waals surface area contributed by atoms with E-state index in [4.69, 9.17) is 27.3 Å². The molecule has 5 nitrogen and oxygen atoms in total. The third kappa shape index (κ3) is 5.40. The summed E-state index contributed by atoms with van der Waals surface area (Å²) in [5.74, 6) is 0. The number of rotatable bonds is 7. The molecule has 0 fully saturated rings. The first kappa shape index (κ1) is 16.1. The Morgan fingerprint density at radius 1 is 1.56 bits per heavy atom. The minimum Gasteiger partial charge on any atom is -0.262 e. The number of halogens is 1. The van der Waals surface area contributed by atoms with E-state index in [1.165, 1.54) is 0 Å². The van der Waals surface area contributed by atoms with Gasteiger partial charge in [-0.15, -0.1) is 0 Å². The summed E-state index contributed by atoms with van der Waals surface area (Å²) in [6.07, 6.45) is 1.15. The monoisotopic (exact) mass is 267 g/mol. The van der Waals surface area contributed by atoms with Crippen LogP contribution < -0.4 is 5.50 Å². The molecule has 2 N–H and O–H groups in total. The minimum absolute atomic E-state index is 0.119. The topological polar surface area (TPSA) is 71.5 Å². The highest BCUT2D eigenvalue weighted by Gasteiger charge is 2.31. The first-order valence-electron chi connectivity index (χ1n) is 5.03. The summed E-state index contributed by atoms with van der Waals surface area (Å²) in [4.78, 5) is 0. The quantitative estimate of drug-likeness (QED) is 0.567. The molecule has 0 rings (SSSR count). The van der Waals surface area contributed by atoms with Gasteiger partial charge in [-0.25, -0.2) is 8.70 Å². The molecule has 16 heavy (non-hydrogen) atoms. The van der Waals surface area contributed by atoms with Gasteiger partial charge in [-0.1, -0.05) is 0 Å². The van der Waals surface area contributed by atoms with E-state index in [2.05, 4.69) is 10.1 Å². The second-order valence-corrected chi connectivity index (χ2v) is 5.61. The van der Waals surface area contributed by atoms with Gasteiger partial charge in [0.15, 0.2) is 0 Å². The third-order valence-electron chi connectivity index (χ3n) is 2.15. The molecule has 1 unspecified atom stereocenters. The molecule has 0 amide bonds. The van der Waals surface area contributed by atoms with Crippen molar-refractivity contribution < 1.29 is 8.70 Å². The highest BCUT2D eigenvalue weighted by Crippen LogP contribution is 2.37. The Hall–Kier alpha value is 0.0500. The molecule has 0 spiro atoms. The summed E-state index contributed by atoms with van der Waals surface area (Å²) in [6.45, 7) is 7.93. The molecule has 0 aromatic carbocycles. The van der Waals surface area contributed by atoms with Crippen LogP contribution in [0.15, 0.2) is 0 Å². The van der Waals surface area contributed by atoms with E-state index >= 15 is 0 Å². The molecular formula is C9H19ClN3O2P. The first-order valence-corrected chi connectivity index (χ1v) is 6.58. The third-order valence-corrected chi connectivity index (χ3v) is 3.03. The number of nitrogens with zero attached hydrogens (tertiary/aromatic N) is 2. The zero-order valence-electron chi connectivity index (χ0n) is 10.1. The maximum atomic E-state index is 8.60. The predicted octanol–water partition coefficient (Wildman–Crippen LogP) is 3.07. The largest absolute Gasteiger partial charge is 0.289 e. The molecule has 0 aromatic rings. The van der Waals surface area contributed by atoms with Crippen molar-refractivity contribution >= 4 is 20.4 Å². The van der Waals surface area contributed by atoms with Crippen molar-refractivity contribution in [1.29, 1.82) is 5.26 Å². The summed E-state index contributed by atoms with van der Waals surface area (Å²) < 4.78 is 9.85. The lowest BCUT2D eigenvalue weighted by Crippen LogP contribution is -2.47. The minimum atomic E-state index is -1.62. The van der Waals surface area contributed by atoms with E-state index in [1.54, 1.807) is 5.06 Å². The van der Waals surface area contributed by atoms with Crippen molar-refractivity contribution in [2.45, 2.75) is 52.1 Å². The molecule has 1 atom stereocenters. The summed E-state index contributed by atoms with van der Waals surface area (Å²) in [6, 6.07) is 2.24. The second kappa shape index (κ2) is 7.39. The normalized spacial score (nSPS) is 14.2. The molecule has 0 bridgehead atoms. The Bertz CT molecular complexity index is 245. The van der Waals surface area contributed by atoms with Crippen LogP contribution in [-0.2, 0) is 8.70 Å². The van der Waals surface area contributed by atoms with Gasteiger partial charge in [0.25, 0.3) is 8.53 Å². The Morgan fingerprint density at radius 3 is 2.50 bits per heavy atom. The van der Waals surface area contributed by atoms with Crippen molar-refractivity contribution in [3.63, 3.8) is 0 Å². The Labute approximate surface area is 104 Å². The molecule has 0 aliphatic heterocycles. The van der Waals surface area contributed by atoms with Gasteiger partial charge in [0, 0.05) is 18.0 Å². The summed E-state index contributed by atoms with van der Waals surface area (Å²) in [5, 5.41) is 10.3. The van der Waals surface area contributed by atoms with Crippen molar-refractivity contribution in [3.05, 3.63) is 0 Å². The SMILES string of the molecule is CC(C)N(OP(N)OCl)C(C)(C)CCC#N. The number of hydroxylamine groups is 2. The van der Waals surface area contributed by atoms with Gasteiger partial charge in [0.05, 0.1) is 17.9 Å². The fourth-order valence-corrected chi connectivity index (χ4v) is 2.16. The van der Waals surface area contributed by atoms with E-state index in [9.17, 15) is 0 Å². The lowest BCUT2D eigenvalue weighted by Gasteiger charge is -2.39. The van der Waals surface area contributed by atoms with Crippen molar-refractivity contribution in [3.8, 4) is 6.07 Å². The van der Waals surface area contributed by atoms with Crippen LogP contribution in [-0.4, -0.2) is 16.6 Å². The average Bonchev–Trinajstić information content (AvgIpc) is 2.21. The van der Waals surface area contributed by atoms with E-state index in [0.29, 0.717) is 12.8 Å². The molecule has 0 saturated carbocycles. The molecule has 0 heterocycles. The van der Waals surface area contributed by atoms with Gasteiger partial charge in [-0.05, 0) is 34.1 Å². The number of nitriles is 1. The van der Waals surface area contributed by atoms with E-state index in [-0.39, 0.29) is 11.6 Å². The standard InChI is InChI=1S/C9H19ClN3O2P/c1-8(2)13(15-16(12)14-10)9(3,4)6-5-7-11/h8H,5-6,12H2,1-4H3. The number of nitrogens with two attached hydrogens (primary N) is 1. The van der Waals surface area contributed by atoms with E-state index in [0.717, 1.165) is 0 Å². The zero-order valence-corrected chi connectivity index (χ0v) is 11.8. The van der Waals surface area contributed by atoms with Crippen LogP contribution >= 0.6 is 20.4 Å². The maximum Gasteiger partial charge on any atom is 0.289 e. The smallest absolute Gasteiger partial charge is 0.262 e. The average molecular weight is 268 g/mol. The van der Waals surface area contributed by atoms with Crippen molar-refractivity contribution in [1.82, 2.24) is 5.06 Å². The summed E-state index contributed by atoms with van der Waals surface area (Å²) in [7, 11) is -1.62. The number of hydrogen-bond donors (Lipinski definition) is 1. The van der Waals surface area contributed by atoms with Crippen LogP contribution in [0.1, 0.15) is 40.5 Å². The Balaban J connectivity index is 4.56. The molecule has 0 aliphatic rings. The zero-order chi connectivity index (χ0) is 12.8. The van der Waals surface area contributed by atoms with Gasteiger partial charge in [0.2, 0.25) is 0 Å². The van der Waals surface area contributed by atoms with Gasteiger partial charge in [0.1, 0.15) is 0 Å². The maximum absolute atomic E-state index is 8.60. The van der Waals surface area contributed by atoms with Gasteiger partial charge >= 0.3 is 0 Å². The lowest BCUT2D eigenvalue weighted by atomic mass is 9.97. The molecule has 0 saturated heterocycles. The van der Waals surface area contributed by atoms with Crippen LogP contribution in [0, 0.1) is 11.3 Å². The fourth-order valence-electron chi connectivity index (χ4n) is 1.48. The molecule has 0 aromatic heterocycles. The van der Waals surface area contributed by atoms with Crippen LogP contribution in [0.3, 0.4) is 0 Å².